The summed E-state index contributed by atoms with van der Waals surface area (Å²) in [5, 5.41) is 2.94. The number of benzene rings is 1. The van der Waals surface area contributed by atoms with Crippen molar-refractivity contribution in [2.24, 2.45) is 11.7 Å². The Balaban J connectivity index is 1.83. The molecule has 0 bridgehead atoms. The number of amides is 3. The predicted molar refractivity (Wildman–Crippen MR) is 90.1 cm³/mol. The number of piperidine rings is 1. The van der Waals surface area contributed by atoms with E-state index < -0.39 is 6.03 Å². The highest BCUT2D eigenvalue weighted by molar-refractivity contribution is 5.80. The minimum absolute atomic E-state index is 0.0265. The zero-order valence-corrected chi connectivity index (χ0v) is 14.2. The highest BCUT2D eigenvalue weighted by Gasteiger charge is 2.27. The van der Waals surface area contributed by atoms with Crippen LogP contribution in [0.15, 0.2) is 18.2 Å². The summed E-state index contributed by atoms with van der Waals surface area (Å²) in [7, 11) is 3.19. The summed E-state index contributed by atoms with van der Waals surface area (Å²) >= 11 is 0. The Kier molecular flexibility index (Phi) is 6.28. The Morgan fingerprint density at radius 3 is 2.71 bits per heavy atom. The molecular formula is C17H25N3O4. The Labute approximate surface area is 142 Å². The summed E-state index contributed by atoms with van der Waals surface area (Å²) < 4.78 is 10.5. The highest BCUT2D eigenvalue weighted by Crippen LogP contribution is 2.27. The summed E-state index contributed by atoms with van der Waals surface area (Å²) in [5.41, 5.74) is 6.34. The third-order valence-electron chi connectivity index (χ3n) is 4.26. The number of likely N-dealkylation sites (tertiary alicyclic amines) is 1. The van der Waals surface area contributed by atoms with E-state index in [1.165, 1.54) is 4.90 Å². The molecule has 0 radical (unpaired) electrons. The van der Waals surface area contributed by atoms with Crippen molar-refractivity contribution in [1.82, 2.24) is 10.2 Å². The van der Waals surface area contributed by atoms with Crippen LogP contribution < -0.4 is 20.5 Å². The van der Waals surface area contributed by atoms with Gasteiger partial charge in [-0.1, -0.05) is 6.07 Å². The molecule has 0 aromatic heterocycles. The van der Waals surface area contributed by atoms with Crippen LogP contribution in [-0.2, 0) is 11.2 Å². The van der Waals surface area contributed by atoms with E-state index in [4.69, 9.17) is 15.2 Å². The van der Waals surface area contributed by atoms with Crippen molar-refractivity contribution in [2.45, 2.75) is 19.3 Å². The van der Waals surface area contributed by atoms with Crippen LogP contribution in [0.1, 0.15) is 18.4 Å². The standard InChI is InChI=1S/C17H25N3O4/c1-23-14-6-5-12(10-15(14)24-2)7-8-19-16(21)13-4-3-9-20(11-13)17(18)22/h5-6,10,13H,3-4,7-9,11H2,1-2H3,(H2,18,22)(H,19,21)/t13-/m1/s1. The smallest absolute Gasteiger partial charge is 0.314 e. The number of nitrogens with zero attached hydrogens (tertiary/aromatic N) is 1. The molecule has 1 aliphatic rings. The Hall–Kier alpha value is -2.44. The first-order valence-electron chi connectivity index (χ1n) is 8.08. The van der Waals surface area contributed by atoms with E-state index in [2.05, 4.69) is 5.32 Å². The Morgan fingerprint density at radius 1 is 1.29 bits per heavy atom. The van der Waals surface area contributed by atoms with Gasteiger partial charge in [-0.2, -0.15) is 0 Å². The number of nitrogens with one attached hydrogen (secondary N) is 1. The van der Waals surface area contributed by atoms with Crippen molar-refractivity contribution in [1.29, 1.82) is 0 Å². The van der Waals surface area contributed by atoms with Crippen LogP contribution in [-0.4, -0.2) is 50.7 Å². The molecule has 2 rings (SSSR count). The molecule has 1 aliphatic heterocycles. The van der Waals surface area contributed by atoms with Gasteiger partial charge >= 0.3 is 6.03 Å². The molecule has 7 nitrogen and oxygen atoms in total. The summed E-state index contributed by atoms with van der Waals surface area (Å²) in [6.07, 6.45) is 2.28. The number of rotatable bonds is 6. The van der Waals surface area contributed by atoms with E-state index in [1.54, 1.807) is 14.2 Å². The van der Waals surface area contributed by atoms with E-state index in [-0.39, 0.29) is 11.8 Å². The van der Waals surface area contributed by atoms with Gasteiger partial charge in [0.25, 0.3) is 0 Å². The minimum Gasteiger partial charge on any atom is -0.493 e. The topological polar surface area (TPSA) is 93.9 Å². The lowest BCUT2D eigenvalue weighted by molar-refractivity contribution is -0.126. The van der Waals surface area contributed by atoms with Crippen molar-refractivity contribution in [3.05, 3.63) is 23.8 Å². The second-order valence-electron chi connectivity index (χ2n) is 5.85. The van der Waals surface area contributed by atoms with Crippen LogP contribution in [0, 0.1) is 5.92 Å². The number of ether oxygens (including phenoxy) is 2. The first-order chi connectivity index (χ1) is 11.5. The average molecular weight is 335 g/mol. The predicted octanol–water partition coefficient (Wildman–Crippen LogP) is 1.15. The van der Waals surface area contributed by atoms with Gasteiger partial charge in [0.05, 0.1) is 20.1 Å². The van der Waals surface area contributed by atoms with Gasteiger partial charge in [0.1, 0.15) is 0 Å². The van der Waals surface area contributed by atoms with Crippen LogP contribution in [0.25, 0.3) is 0 Å². The largest absolute Gasteiger partial charge is 0.493 e. The SMILES string of the molecule is COc1ccc(CCNC(=O)[C@@H]2CCCN(C(N)=O)C2)cc1OC. The van der Waals surface area contributed by atoms with Crippen LogP contribution in [0.2, 0.25) is 0 Å². The quantitative estimate of drug-likeness (QED) is 0.815. The van der Waals surface area contributed by atoms with Crippen molar-refractivity contribution in [3.63, 3.8) is 0 Å². The van der Waals surface area contributed by atoms with Gasteiger partial charge in [-0.25, -0.2) is 4.79 Å². The number of carbonyl (C=O) groups excluding carboxylic acids is 2. The third kappa shape index (κ3) is 4.53. The summed E-state index contributed by atoms with van der Waals surface area (Å²) in [5.74, 6) is 1.14. The second-order valence-corrected chi connectivity index (χ2v) is 5.85. The second kappa shape index (κ2) is 8.42. The molecule has 0 aliphatic carbocycles. The molecule has 3 amide bonds. The Bertz CT molecular complexity index is 591. The van der Waals surface area contributed by atoms with Gasteiger partial charge < -0.3 is 25.4 Å². The number of methoxy groups -OCH3 is 2. The maximum Gasteiger partial charge on any atom is 0.314 e. The molecule has 24 heavy (non-hydrogen) atoms. The number of primary amides is 1. The van der Waals surface area contributed by atoms with Crippen LogP contribution in [0.5, 0.6) is 11.5 Å². The molecule has 0 saturated carbocycles. The molecule has 1 aromatic carbocycles. The van der Waals surface area contributed by atoms with E-state index in [1.807, 2.05) is 18.2 Å². The molecule has 1 fully saturated rings. The van der Waals surface area contributed by atoms with E-state index in [9.17, 15) is 9.59 Å². The van der Waals surface area contributed by atoms with E-state index >= 15 is 0 Å². The zero-order chi connectivity index (χ0) is 17.5. The van der Waals surface area contributed by atoms with Gasteiger partial charge in [-0.15, -0.1) is 0 Å². The fourth-order valence-corrected chi connectivity index (χ4v) is 2.90. The molecule has 3 N–H and O–H groups in total. The molecule has 132 valence electrons. The van der Waals surface area contributed by atoms with Crippen molar-refractivity contribution < 1.29 is 19.1 Å². The van der Waals surface area contributed by atoms with Crippen molar-refractivity contribution in [3.8, 4) is 11.5 Å². The molecule has 1 heterocycles. The van der Waals surface area contributed by atoms with Crippen LogP contribution in [0.4, 0.5) is 4.79 Å². The fourth-order valence-electron chi connectivity index (χ4n) is 2.90. The molecule has 0 spiro atoms. The summed E-state index contributed by atoms with van der Waals surface area (Å²) in [4.78, 5) is 25.0. The average Bonchev–Trinajstić information content (AvgIpc) is 2.61. The molecule has 0 unspecified atom stereocenters. The first-order valence-corrected chi connectivity index (χ1v) is 8.08. The van der Waals surface area contributed by atoms with Gasteiger partial charge in [-0.05, 0) is 37.0 Å². The van der Waals surface area contributed by atoms with E-state index in [0.29, 0.717) is 37.6 Å². The van der Waals surface area contributed by atoms with E-state index in [0.717, 1.165) is 18.4 Å². The van der Waals surface area contributed by atoms with Crippen molar-refractivity contribution >= 4 is 11.9 Å². The van der Waals surface area contributed by atoms with Crippen LogP contribution in [0.3, 0.4) is 0 Å². The molecule has 1 saturated heterocycles. The number of urea groups is 1. The maximum absolute atomic E-state index is 12.2. The monoisotopic (exact) mass is 335 g/mol. The van der Waals surface area contributed by atoms with Crippen LogP contribution >= 0.6 is 0 Å². The Morgan fingerprint density at radius 2 is 2.04 bits per heavy atom. The number of hydrogen-bond donors (Lipinski definition) is 2. The third-order valence-corrected chi connectivity index (χ3v) is 4.26. The first kappa shape index (κ1) is 17.9. The number of hydrogen-bond acceptors (Lipinski definition) is 4. The molecule has 1 atom stereocenters. The molecule has 7 heteroatoms. The van der Waals surface area contributed by atoms with Gasteiger partial charge in [0.2, 0.25) is 5.91 Å². The van der Waals surface area contributed by atoms with Gasteiger partial charge in [0, 0.05) is 19.6 Å². The lowest BCUT2D eigenvalue weighted by Gasteiger charge is -2.30. The molecule has 1 aromatic rings. The lowest BCUT2D eigenvalue weighted by Crippen LogP contribution is -2.47. The highest BCUT2D eigenvalue weighted by atomic mass is 16.5. The lowest BCUT2D eigenvalue weighted by atomic mass is 9.97. The number of nitrogens with two attached hydrogens (primary N) is 1. The fraction of sp³-hybridized carbons (Fsp3) is 0.529. The minimum atomic E-state index is -0.460. The van der Waals surface area contributed by atoms with Gasteiger partial charge in [0.15, 0.2) is 11.5 Å². The number of carbonyl (C=O) groups is 2. The van der Waals surface area contributed by atoms with Crippen molar-refractivity contribution in [2.75, 3.05) is 33.9 Å². The zero-order valence-electron chi connectivity index (χ0n) is 14.2. The normalized spacial score (nSPS) is 17.2. The van der Waals surface area contributed by atoms with Gasteiger partial charge in [-0.3, -0.25) is 4.79 Å². The maximum atomic E-state index is 12.2. The summed E-state index contributed by atoms with van der Waals surface area (Å²) in [6.45, 7) is 1.56. The molecular weight excluding hydrogens is 310 g/mol. The summed E-state index contributed by atoms with van der Waals surface area (Å²) in [6, 6.07) is 5.24.